The largest absolute Gasteiger partial charge is 0.342 e. The molecule has 1 aromatic carbocycles. The van der Waals surface area contributed by atoms with Crippen LogP contribution in [-0.2, 0) is 4.79 Å². The molecular formula is C18H28N2OS. The molecule has 1 fully saturated rings. The second-order valence-electron chi connectivity index (χ2n) is 6.77. The molecule has 2 N–H and O–H groups in total. The van der Waals surface area contributed by atoms with Crippen LogP contribution in [0.1, 0.15) is 37.8 Å². The number of benzene rings is 1. The number of hydrogen-bond acceptors (Lipinski definition) is 3. The Morgan fingerprint density at radius 2 is 1.73 bits per heavy atom. The number of amides is 1. The van der Waals surface area contributed by atoms with Gasteiger partial charge in [-0.1, -0.05) is 19.9 Å². The Morgan fingerprint density at radius 1 is 1.18 bits per heavy atom. The SMILES string of the molecule is Cc1cc(C)cc(SC(C(=O)N2CCC(N)CC2)C(C)C)c1. The fourth-order valence-electron chi connectivity index (χ4n) is 2.92. The van der Waals surface area contributed by atoms with Crippen molar-refractivity contribution in [3.63, 3.8) is 0 Å². The van der Waals surface area contributed by atoms with E-state index in [1.54, 1.807) is 11.8 Å². The lowest BCUT2D eigenvalue weighted by molar-refractivity contribution is -0.132. The van der Waals surface area contributed by atoms with Gasteiger partial charge in [-0.05, 0) is 55.9 Å². The third-order valence-corrected chi connectivity index (χ3v) is 5.67. The fourth-order valence-corrected chi connectivity index (χ4v) is 4.24. The summed E-state index contributed by atoms with van der Waals surface area (Å²) in [6.07, 6.45) is 1.84. The van der Waals surface area contributed by atoms with Gasteiger partial charge in [-0.15, -0.1) is 11.8 Å². The highest BCUT2D eigenvalue weighted by Gasteiger charge is 2.30. The van der Waals surface area contributed by atoms with Crippen LogP contribution in [0.25, 0.3) is 0 Å². The van der Waals surface area contributed by atoms with E-state index in [1.807, 2.05) is 4.90 Å². The quantitative estimate of drug-likeness (QED) is 0.865. The molecule has 1 aliphatic rings. The zero-order valence-electron chi connectivity index (χ0n) is 14.1. The molecule has 0 aliphatic carbocycles. The Bertz CT molecular complexity index is 502. The molecule has 3 nitrogen and oxygen atoms in total. The molecule has 1 heterocycles. The Hall–Kier alpha value is -1.00. The van der Waals surface area contributed by atoms with E-state index in [4.69, 9.17) is 5.73 Å². The number of hydrogen-bond donors (Lipinski definition) is 1. The van der Waals surface area contributed by atoms with Gasteiger partial charge in [0.25, 0.3) is 0 Å². The number of carbonyl (C=O) groups is 1. The Morgan fingerprint density at radius 3 is 2.23 bits per heavy atom. The molecule has 4 heteroatoms. The number of piperidine rings is 1. The first-order chi connectivity index (χ1) is 10.4. The van der Waals surface area contributed by atoms with E-state index >= 15 is 0 Å². The summed E-state index contributed by atoms with van der Waals surface area (Å²) in [7, 11) is 0. The van der Waals surface area contributed by atoms with E-state index in [0.717, 1.165) is 25.9 Å². The van der Waals surface area contributed by atoms with E-state index in [0.29, 0.717) is 5.92 Å². The summed E-state index contributed by atoms with van der Waals surface area (Å²) in [5.74, 6) is 0.583. The predicted molar refractivity (Wildman–Crippen MR) is 94.2 cm³/mol. The molecule has 0 bridgehead atoms. The van der Waals surface area contributed by atoms with Crippen molar-refractivity contribution in [3.8, 4) is 0 Å². The molecule has 2 rings (SSSR count). The lowest BCUT2D eigenvalue weighted by atomic mass is 10.0. The summed E-state index contributed by atoms with van der Waals surface area (Å²) in [5.41, 5.74) is 8.45. The van der Waals surface area contributed by atoms with E-state index in [1.165, 1.54) is 16.0 Å². The van der Waals surface area contributed by atoms with E-state index < -0.39 is 0 Å². The number of carbonyl (C=O) groups excluding carboxylic acids is 1. The summed E-state index contributed by atoms with van der Waals surface area (Å²) >= 11 is 1.71. The van der Waals surface area contributed by atoms with Crippen LogP contribution in [0.2, 0.25) is 0 Å². The van der Waals surface area contributed by atoms with Crippen molar-refractivity contribution in [2.45, 2.75) is 56.7 Å². The van der Waals surface area contributed by atoms with Gasteiger partial charge >= 0.3 is 0 Å². The summed E-state index contributed by atoms with van der Waals surface area (Å²) in [4.78, 5) is 16.1. The smallest absolute Gasteiger partial charge is 0.236 e. The van der Waals surface area contributed by atoms with Crippen LogP contribution in [0.5, 0.6) is 0 Å². The summed E-state index contributed by atoms with van der Waals surface area (Å²) in [5, 5.41) is -0.0180. The minimum Gasteiger partial charge on any atom is -0.342 e. The molecule has 1 saturated heterocycles. The van der Waals surface area contributed by atoms with E-state index in [9.17, 15) is 4.79 Å². The number of nitrogens with zero attached hydrogens (tertiary/aromatic N) is 1. The van der Waals surface area contributed by atoms with E-state index in [2.05, 4.69) is 45.9 Å². The fraction of sp³-hybridized carbons (Fsp3) is 0.611. The number of rotatable bonds is 4. The molecule has 0 aromatic heterocycles. The average Bonchev–Trinajstić information content (AvgIpc) is 2.43. The van der Waals surface area contributed by atoms with Crippen LogP contribution in [0.3, 0.4) is 0 Å². The standard InChI is InChI=1S/C18H28N2OS/c1-12(2)17(18(21)20-7-5-15(19)6-8-20)22-16-10-13(3)9-14(4)11-16/h9-12,15,17H,5-8,19H2,1-4H3. The van der Waals surface area contributed by atoms with Crippen molar-refractivity contribution in [1.29, 1.82) is 0 Å². The van der Waals surface area contributed by atoms with Crippen molar-refractivity contribution < 1.29 is 4.79 Å². The maximum atomic E-state index is 12.9. The van der Waals surface area contributed by atoms with Gasteiger partial charge in [-0.3, -0.25) is 4.79 Å². The molecule has 1 atom stereocenters. The molecule has 0 spiro atoms. The highest BCUT2D eigenvalue weighted by molar-refractivity contribution is 8.00. The van der Waals surface area contributed by atoms with Crippen LogP contribution in [0.4, 0.5) is 0 Å². The lowest BCUT2D eigenvalue weighted by Crippen LogP contribution is -2.47. The monoisotopic (exact) mass is 320 g/mol. The highest BCUT2D eigenvalue weighted by atomic mass is 32.2. The molecule has 0 radical (unpaired) electrons. The summed E-state index contributed by atoms with van der Waals surface area (Å²) in [6, 6.07) is 6.77. The van der Waals surface area contributed by atoms with Gasteiger partial charge in [0, 0.05) is 24.0 Å². The summed E-state index contributed by atoms with van der Waals surface area (Å²) in [6.45, 7) is 10.1. The average molecular weight is 321 g/mol. The van der Waals surface area contributed by atoms with Gasteiger partial charge in [0.1, 0.15) is 0 Å². The molecule has 1 unspecified atom stereocenters. The Kier molecular flexibility index (Phi) is 5.93. The molecule has 122 valence electrons. The van der Waals surface area contributed by atoms with Crippen molar-refractivity contribution in [3.05, 3.63) is 29.3 Å². The maximum absolute atomic E-state index is 12.9. The number of thioether (sulfide) groups is 1. The second-order valence-corrected chi connectivity index (χ2v) is 7.98. The molecule has 1 amide bonds. The van der Waals surface area contributed by atoms with Crippen LogP contribution in [0, 0.1) is 19.8 Å². The summed E-state index contributed by atoms with van der Waals surface area (Å²) < 4.78 is 0. The van der Waals surface area contributed by atoms with E-state index in [-0.39, 0.29) is 17.2 Å². The third-order valence-electron chi connectivity index (χ3n) is 4.16. The first-order valence-corrected chi connectivity index (χ1v) is 9.04. The second kappa shape index (κ2) is 7.51. The first-order valence-electron chi connectivity index (χ1n) is 8.16. The van der Waals surface area contributed by atoms with Crippen LogP contribution < -0.4 is 5.73 Å². The number of nitrogens with two attached hydrogens (primary N) is 1. The zero-order chi connectivity index (χ0) is 16.3. The minimum atomic E-state index is -0.0180. The number of likely N-dealkylation sites (tertiary alicyclic amines) is 1. The Labute approximate surface area is 138 Å². The molecule has 22 heavy (non-hydrogen) atoms. The molecular weight excluding hydrogens is 292 g/mol. The topological polar surface area (TPSA) is 46.3 Å². The van der Waals surface area contributed by atoms with Crippen LogP contribution >= 0.6 is 11.8 Å². The molecule has 1 aromatic rings. The van der Waals surface area contributed by atoms with Gasteiger partial charge in [0.05, 0.1) is 5.25 Å². The van der Waals surface area contributed by atoms with Crippen molar-refractivity contribution in [2.24, 2.45) is 11.7 Å². The molecule has 0 saturated carbocycles. The zero-order valence-corrected chi connectivity index (χ0v) is 15.0. The van der Waals surface area contributed by atoms with Crippen molar-refractivity contribution in [2.75, 3.05) is 13.1 Å². The minimum absolute atomic E-state index is 0.0180. The predicted octanol–water partition coefficient (Wildman–Crippen LogP) is 3.37. The third kappa shape index (κ3) is 4.50. The van der Waals surface area contributed by atoms with Gasteiger partial charge < -0.3 is 10.6 Å². The van der Waals surface area contributed by atoms with Gasteiger partial charge in [0.2, 0.25) is 5.91 Å². The van der Waals surface area contributed by atoms with Crippen molar-refractivity contribution >= 4 is 17.7 Å². The van der Waals surface area contributed by atoms with Crippen LogP contribution in [0.15, 0.2) is 23.1 Å². The highest BCUT2D eigenvalue weighted by Crippen LogP contribution is 2.31. The lowest BCUT2D eigenvalue weighted by Gasteiger charge is -2.34. The maximum Gasteiger partial charge on any atom is 0.236 e. The van der Waals surface area contributed by atoms with Crippen LogP contribution in [-0.4, -0.2) is 35.2 Å². The van der Waals surface area contributed by atoms with Gasteiger partial charge in [-0.25, -0.2) is 0 Å². The Balaban J connectivity index is 2.10. The molecule has 1 aliphatic heterocycles. The van der Waals surface area contributed by atoms with Gasteiger partial charge in [-0.2, -0.15) is 0 Å². The number of aryl methyl sites for hydroxylation is 2. The first kappa shape index (κ1) is 17.4. The normalized spacial score (nSPS) is 17.8. The van der Waals surface area contributed by atoms with Gasteiger partial charge in [0.15, 0.2) is 0 Å². The van der Waals surface area contributed by atoms with Crippen molar-refractivity contribution in [1.82, 2.24) is 4.90 Å².